The second-order valence-electron chi connectivity index (χ2n) is 3.96. The molecule has 0 amide bonds. The van der Waals surface area contributed by atoms with Gasteiger partial charge in [-0.05, 0) is 31.2 Å². The van der Waals surface area contributed by atoms with Gasteiger partial charge in [0.15, 0.2) is 13.2 Å². The van der Waals surface area contributed by atoms with Crippen LogP contribution in [0.4, 0.5) is 5.69 Å². The van der Waals surface area contributed by atoms with Crippen molar-refractivity contribution in [1.82, 2.24) is 0 Å². The summed E-state index contributed by atoms with van der Waals surface area (Å²) in [5.41, 5.74) is 1.70. The maximum absolute atomic E-state index is 11.3. The topological polar surface area (TPSA) is 73.9 Å². The van der Waals surface area contributed by atoms with E-state index >= 15 is 0 Å². The van der Waals surface area contributed by atoms with Crippen LogP contribution in [0.25, 0.3) is 0 Å². The fourth-order valence-electron chi connectivity index (χ4n) is 1.26. The molecule has 0 unspecified atom stereocenters. The van der Waals surface area contributed by atoms with Crippen LogP contribution in [0.15, 0.2) is 36.5 Å². The maximum Gasteiger partial charge on any atom is 0.344 e. The van der Waals surface area contributed by atoms with E-state index in [0.717, 1.165) is 11.4 Å². The molecule has 0 radical (unpaired) electrons. The highest BCUT2D eigenvalue weighted by molar-refractivity contribution is 5.77. The first-order valence-corrected chi connectivity index (χ1v) is 5.89. The summed E-state index contributed by atoms with van der Waals surface area (Å²) in [6.07, 6.45) is 0. The predicted octanol–water partition coefficient (Wildman–Crippen LogP) is 1.73. The summed E-state index contributed by atoms with van der Waals surface area (Å²) in [5.74, 6) is -0.736. The molecule has 0 aliphatic rings. The lowest BCUT2D eigenvalue weighted by molar-refractivity contribution is -0.158. The fourth-order valence-corrected chi connectivity index (χ4v) is 1.26. The number of allylic oxidation sites excluding steroid dienone is 1. The Labute approximate surface area is 117 Å². The number of benzene rings is 1. The Kier molecular flexibility index (Phi) is 6.09. The van der Waals surface area contributed by atoms with E-state index in [1.807, 2.05) is 6.92 Å². The summed E-state index contributed by atoms with van der Waals surface area (Å²) in [4.78, 5) is 22.0. The van der Waals surface area contributed by atoms with Crippen LogP contribution in [0.3, 0.4) is 0 Å². The molecule has 0 aliphatic carbocycles. The summed E-state index contributed by atoms with van der Waals surface area (Å²) in [5, 5.41) is 3.04. The fraction of sp³-hybridized carbons (Fsp3) is 0.286. The molecule has 0 aromatic heterocycles. The Morgan fingerprint density at radius 1 is 1.15 bits per heavy atom. The Balaban J connectivity index is 2.36. The van der Waals surface area contributed by atoms with Crippen LogP contribution in [0, 0.1) is 0 Å². The van der Waals surface area contributed by atoms with Gasteiger partial charge >= 0.3 is 11.9 Å². The highest BCUT2D eigenvalue weighted by Crippen LogP contribution is 2.16. The number of nitrogens with one attached hydrogen (secondary N) is 1. The molecule has 6 heteroatoms. The SMILES string of the molecule is C=C(C)Nc1ccc(OCC(=O)OCC(=O)OC)cc1. The van der Waals surface area contributed by atoms with Crippen LogP contribution in [-0.4, -0.2) is 32.3 Å². The molecule has 1 aromatic carbocycles. The van der Waals surface area contributed by atoms with Gasteiger partial charge in [0.1, 0.15) is 5.75 Å². The van der Waals surface area contributed by atoms with Crippen molar-refractivity contribution in [2.24, 2.45) is 0 Å². The standard InChI is InChI=1S/C14H17NO5/c1-10(2)15-11-4-6-12(7-5-11)19-9-14(17)20-8-13(16)18-3/h4-7,15H,1,8-9H2,2-3H3. The van der Waals surface area contributed by atoms with E-state index < -0.39 is 18.5 Å². The number of ether oxygens (including phenoxy) is 3. The molecule has 1 aromatic rings. The third-order valence-electron chi connectivity index (χ3n) is 2.15. The second-order valence-corrected chi connectivity index (χ2v) is 3.96. The summed E-state index contributed by atoms with van der Waals surface area (Å²) in [6.45, 7) is 4.89. The molecule has 1 N–H and O–H groups in total. The first-order valence-electron chi connectivity index (χ1n) is 5.89. The van der Waals surface area contributed by atoms with E-state index in [1.54, 1.807) is 24.3 Å². The zero-order chi connectivity index (χ0) is 15.0. The predicted molar refractivity (Wildman–Crippen MR) is 73.3 cm³/mol. The number of carbonyl (C=O) groups excluding carboxylic acids is 2. The third-order valence-corrected chi connectivity index (χ3v) is 2.15. The minimum atomic E-state index is -0.639. The number of esters is 2. The number of hydrogen-bond acceptors (Lipinski definition) is 6. The van der Waals surface area contributed by atoms with Crippen LogP contribution >= 0.6 is 0 Å². The average Bonchev–Trinajstić information content (AvgIpc) is 2.43. The van der Waals surface area contributed by atoms with Gasteiger partial charge in [0.2, 0.25) is 0 Å². The normalized spacial score (nSPS) is 9.50. The second kappa shape index (κ2) is 7.83. The molecule has 6 nitrogen and oxygen atoms in total. The first kappa shape index (κ1) is 15.6. The monoisotopic (exact) mass is 279 g/mol. The zero-order valence-electron chi connectivity index (χ0n) is 11.5. The number of rotatable bonds is 7. The summed E-state index contributed by atoms with van der Waals surface area (Å²) in [6, 6.07) is 7.01. The van der Waals surface area contributed by atoms with Crippen LogP contribution < -0.4 is 10.1 Å². The Bertz CT molecular complexity index is 481. The van der Waals surface area contributed by atoms with E-state index in [2.05, 4.69) is 21.4 Å². The van der Waals surface area contributed by atoms with Gasteiger partial charge in [-0.2, -0.15) is 0 Å². The van der Waals surface area contributed by atoms with Crippen molar-refractivity contribution in [2.75, 3.05) is 25.6 Å². The molecular weight excluding hydrogens is 262 g/mol. The number of anilines is 1. The van der Waals surface area contributed by atoms with Crippen molar-refractivity contribution < 1.29 is 23.8 Å². The van der Waals surface area contributed by atoms with Gasteiger partial charge in [-0.15, -0.1) is 0 Å². The molecule has 0 saturated carbocycles. The van der Waals surface area contributed by atoms with Crippen molar-refractivity contribution in [1.29, 1.82) is 0 Å². The molecule has 0 spiro atoms. The van der Waals surface area contributed by atoms with E-state index in [9.17, 15) is 9.59 Å². The van der Waals surface area contributed by atoms with Gasteiger partial charge in [-0.3, -0.25) is 0 Å². The van der Waals surface area contributed by atoms with Gasteiger partial charge < -0.3 is 19.5 Å². The minimum absolute atomic E-state index is 0.274. The summed E-state index contributed by atoms with van der Waals surface area (Å²) < 4.78 is 14.2. The van der Waals surface area contributed by atoms with Crippen LogP contribution in [-0.2, 0) is 19.1 Å². The van der Waals surface area contributed by atoms with Gasteiger partial charge in [0.25, 0.3) is 0 Å². The Morgan fingerprint density at radius 3 is 2.35 bits per heavy atom. The summed E-state index contributed by atoms with van der Waals surface area (Å²) >= 11 is 0. The molecule has 0 aliphatic heterocycles. The summed E-state index contributed by atoms with van der Waals surface area (Å²) in [7, 11) is 1.22. The van der Waals surface area contributed by atoms with Crippen molar-refractivity contribution >= 4 is 17.6 Å². The minimum Gasteiger partial charge on any atom is -0.482 e. The molecule has 0 bridgehead atoms. The first-order chi connectivity index (χ1) is 9.51. The highest BCUT2D eigenvalue weighted by atomic mass is 16.6. The average molecular weight is 279 g/mol. The van der Waals surface area contributed by atoms with Gasteiger partial charge in [0.05, 0.1) is 7.11 Å². The van der Waals surface area contributed by atoms with Crippen molar-refractivity contribution in [3.05, 3.63) is 36.5 Å². The van der Waals surface area contributed by atoms with Gasteiger partial charge in [-0.25, -0.2) is 9.59 Å². The lowest BCUT2D eigenvalue weighted by Gasteiger charge is -2.08. The van der Waals surface area contributed by atoms with Crippen LogP contribution in [0.2, 0.25) is 0 Å². The number of hydrogen-bond donors (Lipinski definition) is 1. The number of carbonyl (C=O) groups is 2. The molecular formula is C14H17NO5. The van der Waals surface area contributed by atoms with E-state index in [4.69, 9.17) is 4.74 Å². The van der Waals surface area contributed by atoms with Crippen molar-refractivity contribution in [3.63, 3.8) is 0 Å². The largest absolute Gasteiger partial charge is 0.482 e. The van der Waals surface area contributed by atoms with Crippen LogP contribution in [0.1, 0.15) is 6.92 Å². The van der Waals surface area contributed by atoms with E-state index in [0.29, 0.717) is 5.75 Å². The zero-order valence-corrected chi connectivity index (χ0v) is 11.5. The third kappa shape index (κ3) is 5.90. The van der Waals surface area contributed by atoms with Crippen LogP contribution in [0.5, 0.6) is 5.75 Å². The molecule has 108 valence electrons. The Morgan fingerprint density at radius 2 is 1.80 bits per heavy atom. The number of methoxy groups -OCH3 is 1. The van der Waals surface area contributed by atoms with Gasteiger partial charge in [0, 0.05) is 11.4 Å². The van der Waals surface area contributed by atoms with Gasteiger partial charge in [-0.1, -0.05) is 6.58 Å². The van der Waals surface area contributed by atoms with Crippen molar-refractivity contribution in [2.45, 2.75) is 6.92 Å². The maximum atomic E-state index is 11.3. The molecule has 20 heavy (non-hydrogen) atoms. The molecule has 0 atom stereocenters. The lowest BCUT2D eigenvalue weighted by Crippen LogP contribution is -2.20. The molecule has 0 fully saturated rings. The molecule has 0 heterocycles. The van der Waals surface area contributed by atoms with Crippen molar-refractivity contribution in [3.8, 4) is 5.75 Å². The molecule has 0 saturated heterocycles. The smallest absolute Gasteiger partial charge is 0.344 e. The molecule has 1 rings (SSSR count). The van der Waals surface area contributed by atoms with E-state index in [-0.39, 0.29) is 6.61 Å². The quantitative estimate of drug-likeness (QED) is 0.766. The van der Waals surface area contributed by atoms with E-state index in [1.165, 1.54) is 7.11 Å². The Hall–Kier alpha value is -2.50. The lowest BCUT2D eigenvalue weighted by atomic mass is 10.3. The highest BCUT2D eigenvalue weighted by Gasteiger charge is 2.08.